The van der Waals surface area contributed by atoms with Crippen molar-refractivity contribution in [1.82, 2.24) is 9.97 Å². The zero-order chi connectivity index (χ0) is 15.6. The summed E-state index contributed by atoms with van der Waals surface area (Å²) in [5.74, 6) is 2.77. The first kappa shape index (κ1) is 16.0. The van der Waals surface area contributed by atoms with Gasteiger partial charge < -0.3 is 15.0 Å². The Labute approximate surface area is 128 Å². The summed E-state index contributed by atoms with van der Waals surface area (Å²) >= 11 is 0. The van der Waals surface area contributed by atoms with Crippen molar-refractivity contribution in [3.63, 3.8) is 0 Å². The lowest BCUT2D eigenvalue weighted by atomic mass is 9.95. The van der Waals surface area contributed by atoms with Gasteiger partial charge in [-0.25, -0.2) is 9.97 Å². The highest BCUT2D eigenvalue weighted by atomic mass is 16.5. The molecule has 1 saturated heterocycles. The number of morpholine rings is 1. The summed E-state index contributed by atoms with van der Waals surface area (Å²) in [7, 11) is 0. The number of hydrogen-bond acceptors (Lipinski definition) is 5. The van der Waals surface area contributed by atoms with E-state index in [4.69, 9.17) is 9.72 Å². The van der Waals surface area contributed by atoms with Crippen LogP contribution in [0, 0.1) is 0 Å². The molecule has 0 aromatic carbocycles. The average molecular weight is 292 g/mol. The van der Waals surface area contributed by atoms with Gasteiger partial charge in [0, 0.05) is 31.1 Å². The zero-order valence-electron chi connectivity index (χ0n) is 14.1. The Bertz CT molecular complexity index is 474. The Hall–Kier alpha value is -1.36. The van der Waals surface area contributed by atoms with Gasteiger partial charge in [0.2, 0.25) is 0 Å². The topological polar surface area (TPSA) is 50.3 Å². The van der Waals surface area contributed by atoms with Gasteiger partial charge in [0.05, 0.1) is 12.2 Å². The SMILES string of the molecule is CCNc1cc(N2CC(C)OC(C)C2)nc(C(C)(C)C)n1. The molecule has 2 heterocycles. The standard InChI is InChI=1S/C16H28N4O/c1-7-17-13-8-14(19-15(18-13)16(4,5)6)20-9-11(2)21-12(3)10-20/h8,11-12H,7,9-10H2,1-6H3,(H,17,18,19). The Morgan fingerprint density at radius 2 is 1.86 bits per heavy atom. The third-order valence-electron chi connectivity index (χ3n) is 3.48. The van der Waals surface area contributed by atoms with Crippen molar-refractivity contribution in [2.24, 2.45) is 0 Å². The van der Waals surface area contributed by atoms with E-state index in [1.807, 2.05) is 6.07 Å². The fourth-order valence-corrected chi connectivity index (χ4v) is 2.57. The lowest BCUT2D eigenvalue weighted by molar-refractivity contribution is -0.00548. The number of ether oxygens (including phenoxy) is 1. The third kappa shape index (κ3) is 4.06. The van der Waals surface area contributed by atoms with Crippen LogP contribution in [0.1, 0.15) is 47.4 Å². The van der Waals surface area contributed by atoms with Crippen LogP contribution in [-0.4, -0.2) is 41.8 Å². The molecule has 1 N–H and O–H groups in total. The van der Waals surface area contributed by atoms with E-state index in [9.17, 15) is 0 Å². The molecule has 0 bridgehead atoms. The van der Waals surface area contributed by atoms with Crippen molar-refractivity contribution in [2.45, 2.75) is 59.2 Å². The molecule has 118 valence electrons. The van der Waals surface area contributed by atoms with Gasteiger partial charge in [0.15, 0.2) is 0 Å². The van der Waals surface area contributed by atoms with Crippen molar-refractivity contribution >= 4 is 11.6 Å². The Morgan fingerprint density at radius 3 is 2.38 bits per heavy atom. The first-order valence-electron chi connectivity index (χ1n) is 7.83. The van der Waals surface area contributed by atoms with E-state index in [-0.39, 0.29) is 17.6 Å². The van der Waals surface area contributed by atoms with Crippen LogP contribution in [0.15, 0.2) is 6.07 Å². The predicted molar refractivity (Wildman–Crippen MR) is 87.1 cm³/mol. The summed E-state index contributed by atoms with van der Waals surface area (Å²) in [6.07, 6.45) is 0.453. The monoisotopic (exact) mass is 292 g/mol. The lowest BCUT2D eigenvalue weighted by Crippen LogP contribution is -2.46. The Morgan fingerprint density at radius 1 is 1.24 bits per heavy atom. The van der Waals surface area contributed by atoms with Crippen LogP contribution in [0.25, 0.3) is 0 Å². The number of hydrogen-bond donors (Lipinski definition) is 1. The number of nitrogens with zero attached hydrogens (tertiary/aromatic N) is 3. The molecule has 0 saturated carbocycles. The fourth-order valence-electron chi connectivity index (χ4n) is 2.57. The van der Waals surface area contributed by atoms with E-state index >= 15 is 0 Å². The second-order valence-electron chi connectivity index (χ2n) is 6.88. The van der Waals surface area contributed by atoms with Crippen LogP contribution in [-0.2, 0) is 10.2 Å². The first-order valence-corrected chi connectivity index (χ1v) is 7.83. The summed E-state index contributed by atoms with van der Waals surface area (Å²) < 4.78 is 5.81. The van der Waals surface area contributed by atoms with Crippen molar-refractivity contribution in [1.29, 1.82) is 0 Å². The molecule has 0 spiro atoms. The van der Waals surface area contributed by atoms with Gasteiger partial charge in [0.1, 0.15) is 17.5 Å². The molecule has 1 fully saturated rings. The number of rotatable bonds is 3. The van der Waals surface area contributed by atoms with Crippen molar-refractivity contribution in [3.8, 4) is 0 Å². The van der Waals surface area contributed by atoms with E-state index in [0.717, 1.165) is 37.1 Å². The van der Waals surface area contributed by atoms with Crippen molar-refractivity contribution in [3.05, 3.63) is 11.9 Å². The smallest absolute Gasteiger partial charge is 0.138 e. The maximum atomic E-state index is 5.81. The second kappa shape index (κ2) is 6.18. The molecule has 0 aliphatic carbocycles. The van der Waals surface area contributed by atoms with Gasteiger partial charge in [-0.15, -0.1) is 0 Å². The van der Waals surface area contributed by atoms with Gasteiger partial charge in [-0.2, -0.15) is 0 Å². The fraction of sp³-hybridized carbons (Fsp3) is 0.750. The van der Waals surface area contributed by atoms with Crippen molar-refractivity contribution < 1.29 is 4.74 Å². The second-order valence-corrected chi connectivity index (χ2v) is 6.88. The highest BCUT2D eigenvalue weighted by Crippen LogP contribution is 2.26. The number of anilines is 2. The highest BCUT2D eigenvalue weighted by Gasteiger charge is 2.26. The first-order chi connectivity index (χ1) is 9.79. The molecule has 2 unspecified atom stereocenters. The summed E-state index contributed by atoms with van der Waals surface area (Å²) in [5.41, 5.74) is -0.0658. The Balaban J connectivity index is 2.35. The molecule has 2 atom stereocenters. The molecule has 1 aliphatic heterocycles. The molecule has 1 aliphatic rings. The molecular formula is C16H28N4O. The molecule has 5 heteroatoms. The van der Waals surface area contributed by atoms with E-state index in [0.29, 0.717) is 0 Å². The predicted octanol–water partition coefficient (Wildman–Crippen LogP) is 2.82. The average Bonchev–Trinajstić information content (AvgIpc) is 2.36. The quantitative estimate of drug-likeness (QED) is 0.928. The minimum Gasteiger partial charge on any atom is -0.372 e. The Kier molecular flexibility index (Phi) is 4.71. The van der Waals surface area contributed by atoms with Gasteiger partial charge >= 0.3 is 0 Å². The normalized spacial score (nSPS) is 23.2. The van der Waals surface area contributed by atoms with Gasteiger partial charge in [-0.05, 0) is 20.8 Å². The minimum absolute atomic E-state index is 0.0658. The maximum absolute atomic E-state index is 5.81. The maximum Gasteiger partial charge on any atom is 0.138 e. The van der Waals surface area contributed by atoms with Crippen molar-refractivity contribution in [2.75, 3.05) is 29.9 Å². The number of nitrogens with one attached hydrogen (secondary N) is 1. The summed E-state index contributed by atoms with van der Waals surface area (Å²) in [4.78, 5) is 11.7. The van der Waals surface area contributed by atoms with Gasteiger partial charge in [-0.3, -0.25) is 0 Å². The number of aromatic nitrogens is 2. The minimum atomic E-state index is -0.0658. The molecule has 2 rings (SSSR count). The summed E-state index contributed by atoms with van der Waals surface area (Å²) in [6, 6.07) is 2.05. The van der Waals surface area contributed by atoms with Crippen LogP contribution in [0.4, 0.5) is 11.6 Å². The van der Waals surface area contributed by atoms with Crippen LogP contribution < -0.4 is 10.2 Å². The third-order valence-corrected chi connectivity index (χ3v) is 3.48. The van der Waals surface area contributed by atoms with Gasteiger partial charge in [0.25, 0.3) is 0 Å². The largest absolute Gasteiger partial charge is 0.372 e. The van der Waals surface area contributed by atoms with E-state index < -0.39 is 0 Å². The summed E-state index contributed by atoms with van der Waals surface area (Å²) in [5, 5.41) is 3.31. The van der Waals surface area contributed by atoms with Gasteiger partial charge in [-0.1, -0.05) is 20.8 Å². The molecule has 0 amide bonds. The zero-order valence-corrected chi connectivity index (χ0v) is 14.1. The molecular weight excluding hydrogens is 264 g/mol. The van der Waals surface area contributed by atoms with Crippen LogP contribution in [0.5, 0.6) is 0 Å². The van der Waals surface area contributed by atoms with E-state index in [1.165, 1.54) is 0 Å². The molecule has 5 nitrogen and oxygen atoms in total. The summed E-state index contributed by atoms with van der Waals surface area (Å²) in [6.45, 7) is 15.3. The van der Waals surface area contributed by atoms with E-state index in [2.05, 4.69) is 56.7 Å². The van der Waals surface area contributed by atoms with Crippen LogP contribution >= 0.6 is 0 Å². The molecule has 1 aromatic rings. The van der Waals surface area contributed by atoms with Crippen LogP contribution in [0.3, 0.4) is 0 Å². The molecule has 0 radical (unpaired) electrons. The van der Waals surface area contributed by atoms with Crippen LogP contribution in [0.2, 0.25) is 0 Å². The molecule has 1 aromatic heterocycles. The molecule has 21 heavy (non-hydrogen) atoms. The van der Waals surface area contributed by atoms with E-state index in [1.54, 1.807) is 0 Å². The lowest BCUT2D eigenvalue weighted by Gasteiger charge is -2.36. The highest BCUT2D eigenvalue weighted by molar-refractivity contribution is 5.50.